The molecule has 29 heavy (non-hydrogen) atoms. The molecular weight excluding hydrogens is 392 g/mol. The Kier molecular flexibility index (Phi) is 6.44. The average molecular weight is 419 g/mol. The molecule has 1 fully saturated rings. The molecule has 1 amide bonds. The van der Waals surface area contributed by atoms with E-state index in [9.17, 15) is 13.2 Å². The van der Waals surface area contributed by atoms with E-state index in [1.165, 1.54) is 12.1 Å². The Balaban J connectivity index is 1.68. The number of benzene rings is 2. The van der Waals surface area contributed by atoms with Crippen LogP contribution < -0.4 is 14.6 Å². The van der Waals surface area contributed by atoms with Gasteiger partial charge in [0.2, 0.25) is 15.9 Å². The summed E-state index contributed by atoms with van der Waals surface area (Å²) in [5, 5.41) is 5.12. The Labute approximate surface area is 171 Å². The van der Waals surface area contributed by atoms with Crippen LogP contribution in [0.2, 0.25) is 0 Å². The third-order valence-corrected chi connectivity index (χ3v) is 5.94. The minimum absolute atomic E-state index is 0.0629. The molecule has 1 aliphatic rings. The van der Waals surface area contributed by atoms with Crippen LogP contribution in [-0.2, 0) is 27.8 Å². The van der Waals surface area contributed by atoms with Gasteiger partial charge in [-0.05, 0) is 55.2 Å². The zero-order chi connectivity index (χ0) is 21.0. The molecule has 2 aromatic rings. The fourth-order valence-electron chi connectivity index (χ4n) is 3.24. The lowest BCUT2D eigenvalue weighted by Crippen LogP contribution is -2.32. The van der Waals surface area contributed by atoms with Crippen LogP contribution in [0, 0.1) is 0 Å². The number of sulfonamides is 1. The van der Waals surface area contributed by atoms with Gasteiger partial charge in [0.15, 0.2) is 0 Å². The van der Waals surface area contributed by atoms with Crippen molar-refractivity contribution in [2.45, 2.75) is 43.2 Å². The molecule has 0 radical (unpaired) electrons. The van der Waals surface area contributed by atoms with Crippen LogP contribution >= 0.6 is 0 Å². The van der Waals surface area contributed by atoms with Crippen LogP contribution in [0.5, 0.6) is 11.5 Å². The number of amides is 1. The van der Waals surface area contributed by atoms with Crippen LogP contribution in [-0.4, -0.2) is 39.5 Å². The maximum atomic E-state index is 12.9. The molecule has 0 spiro atoms. The third-order valence-electron chi connectivity index (χ3n) is 5.02. The van der Waals surface area contributed by atoms with E-state index in [0.717, 1.165) is 35.5 Å². The molecule has 1 aliphatic carbocycles. The van der Waals surface area contributed by atoms with Crippen molar-refractivity contribution in [2.75, 3.05) is 14.2 Å². The summed E-state index contributed by atoms with van der Waals surface area (Å²) in [5.74, 6) is 1.51. The first-order valence-electron chi connectivity index (χ1n) is 9.44. The summed E-state index contributed by atoms with van der Waals surface area (Å²) in [6.07, 6.45) is 2.88. The SMILES string of the molecule is COc1ccc(OC)c(CN(C(=O)CCc2ccc(S(N)(=O)=O)cc2)C2CC2)c1. The van der Waals surface area contributed by atoms with E-state index in [1.807, 2.05) is 23.1 Å². The first-order valence-corrected chi connectivity index (χ1v) is 11.0. The molecule has 7 nitrogen and oxygen atoms in total. The van der Waals surface area contributed by atoms with Crippen LogP contribution in [0.25, 0.3) is 0 Å². The molecule has 0 heterocycles. The van der Waals surface area contributed by atoms with Gasteiger partial charge in [-0.3, -0.25) is 4.79 Å². The lowest BCUT2D eigenvalue weighted by molar-refractivity contribution is -0.132. The zero-order valence-corrected chi connectivity index (χ0v) is 17.4. The van der Waals surface area contributed by atoms with Gasteiger partial charge in [-0.2, -0.15) is 0 Å². The Morgan fingerprint density at radius 3 is 2.34 bits per heavy atom. The summed E-state index contributed by atoms with van der Waals surface area (Å²) in [7, 11) is -0.493. The summed E-state index contributed by atoms with van der Waals surface area (Å²) in [6.45, 7) is 0.466. The molecular formula is C21H26N2O5S. The molecule has 3 rings (SSSR count). The topological polar surface area (TPSA) is 98.9 Å². The van der Waals surface area contributed by atoms with E-state index < -0.39 is 10.0 Å². The molecule has 0 atom stereocenters. The number of nitrogens with two attached hydrogens (primary N) is 1. The molecule has 2 aromatic carbocycles. The van der Waals surface area contributed by atoms with Gasteiger partial charge in [0.25, 0.3) is 0 Å². The predicted molar refractivity (Wildman–Crippen MR) is 109 cm³/mol. The highest BCUT2D eigenvalue weighted by atomic mass is 32.2. The predicted octanol–water partition coefficient (Wildman–Crippen LogP) is 2.48. The van der Waals surface area contributed by atoms with Crippen molar-refractivity contribution in [1.82, 2.24) is 4.90 Å². The van der Waals surface area contributed by atoms with Gasteiger partial charge in [0.05, 0.1) is 19.1 Å². The fourth-order valence-corrected chi connectivity index (χ4v) is 3.75. The molecule has 0 aromatic heterocycles. The first kappa shape index (κ1) is 21.1. The van der Waals surface area contributed by atoms with Gasteiger partial charge in [-0.1, -0.05) is 12.1 Å². The maximum absolute atomic E-state index is 12.9. The van der Waals surface area contributed by atoms with Crippen molar-refractivity contribution in [3.05, 3.63) is 53.6 Å². The van der Waals surface area contributed by atoms with Gasteiger partial charge in [0, 0.05) is 24.6 Å². The van der Waals surface area contributed by atoms with Crippen molar-refractivity contribution in [3.63, 3.8) is 0 Å². The summed E-state index contributed by atoms with van der Waals surface area (Å²) >= 11 is 0. The van der Waals surface area contributed by atoms with E-state index in [0.29, 0.717) is 19.4 Å². The molecule has 1 saturated carbocycles. The van der Waals surface area contributed by atoms with Gasteiger partial charge >= 0.3 is 0 Å². The van der Waals surface area contributed by atoms with E-state index in [1.54, 1.807) is 26.4 Å². The summed E-state index contributed by atoms with van der Waals surface area (Å²) in [6, 6.07) is 12.1. The van der Waals surface area contributed by atoms with Crippen molar-refractivity contribution < 1.29 is 22.7 Å². The Morgan fingerprint density at radius 1 is 1.10 bits per heavy atom. The number of carbonyl (C=O) groups excluding carboxylic acids is 1. The third kappa shape index (κ3) is 5.48. The van der Waals surface area contributed by atoms with Gasteiger partial charge in [0.1, 0.15) is 11.5 Å². The Hall–Kier alpha value is -2.58. The molecule has 0 saturated heterocycles. The minimum atomic E-state index is -3.71. The second-order valence-electron chi connectivity index (χ2n) is 7.12. The van der Waals surface area contributed by atoms with E-state index in [4.69, 9.17) is 14.6 Å². The number of aryl methyl sites for hydroxylation is 1. The number of hydrogen-bond donors (Lipinski definition) is 1. The molecule has 0 unspecified atom stereocenters. The standard InChI is InChI=1S/C21H26N2O5S/c1-27-18-8-11-20(28-2)16(13-18)14-23(17-6-7-17)21(24)12-5-15-3-9-19(10-4-15)29(22,25)26/h3-4,8-11,13,17H,5-7,12,14H2,1-2H3,(H2,22,25,26). The average Bonchev–Trinajstić information content (AvgIpc) is 3.54. The van der Waals surface area contributed by atoms with Crippen molar-refractivity contribution >= 4 is 15.9 Å². The maximum Gasteiger partial charge on any atom is 0.238 e. The fraction of sp³-hybridized carbons (Fsp3) is 0.381. The summed E-state index contributed by atoms with van der Waals surface area (Å²) < 4.78 is 33.4. The second kappa shape index (κ2) is 8.84. The number of rotatable bonds is 9. The number of carbonyl (C=O) groups is 1. The molecule has 156 valence electrons. The highest BCUT2D eigenvalue weighted by Gasteiger charge is 2.32. The van der Waals surface area contributed by atoms with Crippen LogP contribution in [0.15, 0.2) is 47.4 Å². The van der Waals surface area contributed by atoms with Gasteiger partial charge < -0.3 is 14.4 Å². The Bertz CT molecular complexity index is 969. The quantitative estimate of drug-likeness (QED) is 0.674. The lowest BCUT2D eigenvalue weighted by Gasteiger charge is -2.24. The van der Waals surface area contributed by atoms with Crippen LogP contribution in [0.1, 0.15) is 30.4 Å². The van der Waals surface area contributed by atoms with E-state index in [-0.39, 0.29) is 16.8 Å². The van der Waals surface area contributed by atoms with Crippen molar-refractivity contribution in [1.29, 1.82) is 0 Å². The van der Waals surface area contributed by atoms with Gasteiger partial charge in [-0.25, -0.2) is 13.6 Å². The summed E-state index contributed by atoms with van der Waals surface area (Å²) in [4.78, 5) is 14.9. The second-order valence-corrected chi connectivity index (χ2v) is 8.68. The minimum Gasteiger partial charge on any atom is -0.497 e. The number of nitrogens with zero attached hydrogens (tertiary/aromatic N) is 1. The largest absolute Gasteiger partial charge is 0.497 e. The molecule has 0 aliphatic heterocycles. The van der Waals surface area contributed by atoms with Crippen molar-refractivity contribution in [2.24, 2.45) is 5.14 Å². The summed E-state index contributed by atoms with van der Waals surface area (Å²) in [5.41, 5.74) is 1.80. The van der Waals surface area contributed by atoms with E-state index in [2.05, 4.69) is 0 Å². The lowest BCUT2D eigenvalue weighted by atomic mass is 10.1. The highest BCUT2D eigenvalue weighted by molar-refractivity contribution is 7.89. The van der Waals surface area contributed by atoms with Gasteiger partial charge in [-0.15, -0.1) is 0 Å². The van der Waals surface area contributed by atoms with Crippen LogP contribution in [0.4, 0.5) is 0 Å². The molecule has 8 heteroatoms. The Morgan fingerprint density at radius 2 is 1.79 bits per heavy atom. The number of primary sulfonamides is 1. The number of methoxy groups -OCH3 is 2. The number of hydrogen-bond acceptors (Lipinski definition) is 5. The highest BCUT2D eigenvalue weighted by Crippen LogP contribution is 2.32. The normalized spacial score (nSPS) is 13.8. The zero-order valence-electron chi connectivity index (χ0n) is 16.6. The smallest absolute Gasteiger partial charge is 0.238 e. The number of ether oxygens (including phenoxy) is 2. The van der Waals surface area contributed by atoms with Crippen molar-refractivity contribution in [3.8, 4) is 11.5 Å². The van der Waals surface area contributed by atoms with E-state index >= 15 is 0 Å². The molecule has 2 N–H and O–H groups in total. The first-order chi connectivity index (χ1) is 13.8. The monoisotopic (exact) mass is 418 g/mol. The van der Waals surface area contributed by atoms with Crippen LogP contribution in [0.3, 0.4) is 0 Å². The molecule has 0 bridgehead atoms.